The molecule has 0 radical (unpaired) electrons. The summed E-state index contributed by atoms with van der Waals surface area (Å²) in [6.07, 6.45) is 3.98. The second-order valence-corrected chi connectivity index (χ2v) is 6.12. The van der Waals surface area contributed by atoms with E-state index >= 15 is 0 Å². The quantitative estimate of drug-likeness (QED) is 0.840. The maximum Gasteiger partial charge on any atom is 0.329 e. The molecule has 0 bridgehead atoms. The van der Waals surface area contributed by atoms with Crippen molar-refractivity contribution in [2.24, 2.45) is 0 Å². The fraction of sp³-hybridized carbons (Fsp3) is 0.533. The van der Waals surface area contributed by atoms with Gasteiger partial charge in [0.25, 0.3) is 5.91 Å². The normalized spacial score (nSPS) is 18.6. The second-order valence-electron chi connectivity index (χ2n) is 6.12. The van der Waals surface area contributed by atoms with Crippen molar-refractivity contribution in [2.75, 3.05) is 6.54 Å². The fourth-order valence-corrected chi connectivity index (χ4v) is 2.34. The number of pyridine rings is 1. The molecule has 1 aliphatic heterocycles. The summed E-state index contributed by atoms with van der Waals surface area (Å²) in [5.74, 6) is -0.776. The van der Waals surface area contributed by atoms with Gasteiger partial charge < -0.3 is 14.7 Å². The molecule has 0 unspecified atom stereocenters. The number of carbonyl (C=O) groups excluding carboxylic acids is 2. The average molecular weight is 292 g/mol. The Morgan fingerprint density at radius 1 is 1.38 bits per heavy atom. The van der Waals surface area contributed by atoms with Gasteiger partial charge in [-0.15, -0.1) is 0 Å². The largest absolute Gasteiger partial charge is 0.506 e. The van der Waals surface area contributed by atoms with E-state index in [-0.39, 0.29) is 23.2 Å². The first kappa shape index (κ1) is 15.3. The highest BCUT2D eigenvalue weighted by Gasteiger charge is 2.37. The highest BCUT2D eigenvalue weighted by molar-refractivity contribution is 5.97. The zero-order valence-electron chi connectivity index (χ0n) is 12.5. The molecule has 114 valence electrons. The van der Waals surface area contributed by atoms with E-state index in [1.165, 1.54) is 23.4 Å². The molecule has 2 heterocycles. The van der Waals surface area contributed by atoms with Crippen molar-refractivity contribution in [2.45, 2.75) is 45.3 Å². The third-order valence-corrected chi connectivity index (χ3v) is 3.16. The molecule has 1 aromatic heterocycles. The van der Waals surface area contributed by atoms with Gasteiger partial charge in [-0.3, -0.25) is 9.78 Å². The molecular formula is C15H20N2O4. The van der Waals surface area contributed by atoms with Crippen LogP contribution in [0.2, 0.25) is 0 Å². The van der Waals surface area contributed by atoms with Crippen LogP contribution in [0.25, 0.3) is 0 Å². The predicted molar refractivity (Wildman–Crippen MR) is 75.8 cm³/mol. The number of carbonyl (C=O) groups is 2. The number of aromatic hydroxyl groups is 1. The van der Waals surface area contributed by atoms with E-state index in [9.17, 15) is 14.7 Å². The van der Waals surface area contributed by atoms with Crippen LogP contribution in [0.5, 0.6) is 5.75 Å². The van der Waals surface area contributed by atoms with Gasteiger partial charge in [0.15, 0.2) is 0 Å². The lowest BCUT2D eigenvalue weighted by Crippen LogP contribution is -2.43. The van der Waals surface area contributed by atoms with Gasteiger partial charge in [0.1, 0.15) is 17.4 Å². The molecule has 1 aliphatic rings. The van der Waals surface area contributed by atoms with Crippen molar-refractivity contribution in [3.63, 3.8) is 0 Å². The first-order valence-electron chi connectivity index (χ1n) is 6.96. The number of nitrogens with zero attached hydrogens (tertiary/aromatic N) is 2. The van der Waals surface area contributed by atoms with Crippen LogP contribution >= 0.6 is 0 Å². The number of hydrogen-bond acceptors (Lipinski definition) is 5. The van der Waals surface area contributed by atoms with Crippen molar-refractivity contribution in [1.82, 2.24) is 9.88 Å². The Kier molecular flexibility index (Phi) is 4.16. The first-order chi connectivity index (χ1) is 9.78. The summed E-state index contributed by atoms with van der Waals surface area (Å²) >= 11 is 0. The maximum atomic E-state index is 12.4. The minimum absolute atomic E-state index is 0.0751. The standard InChI is InChI=1S/C15H20N2O4/c1-15(2,3)21-14(20)12-5-4-6-17(12)13(19)10-7-11(18)9-16-8-10/h7-9,12,18H,4-6H2,1-3H3/t12-/m0/s1. The first-order valence-corrected chi connectivity index (χ1v) is 6.96. The van der Waals surface area contributed by atoms with Gasteiger partial charge in [-0.25, -0.2) is 4.79 Å². The van der Waals surface area contributed by atoms with Gasteiger partial charge in [-0.1, -0.05) is 0 Å². The number of amides is 1. The molecule has 2 rings (SSSR count). The van der Waals surface area contributed by atoms with E-state index in [1.807, 2.05) is 0 Å². The van der Waals surface area contributed by atoms with Crippen molar-refractivity contribution >= 4 is 11.9 Å². The van der Waals surface area contributed by atoms with Gasteiger partial charge in [-0.2, -0.15) is 0 Å². The third kappa shape index (κ3) is 3.71. The molecule has 1 amide bonds. The van der Waals surface area contributed by atoms with E-state index in [2.05, 4.69) is 4.98 Å². The van der Waals surface area contributed by atoms with E-state index in [0.717, 1.165) is 6.42 Å². The van der Waals surface area contributed by atoms with Crippen LogP contribution in [-0.2, 0) is 9.53 Å². The van der Waals surface area contributed by atoms with Gasteiger partial charge >= 0.3 is 5.97 Å². The maximum absolute atomic E-state index is 12.4. The third-order valence-electron chi connectivity index (χ3n) is 3.16. The Morgan fingerprint density at radius 2 is 2.10 bits per heavy atom. The molecule has 6 heteroatoms. The van der Waals surface area contributed by atoms with Gasteiger partial charge in [0.05, 0.1) is 11.8 Å². The Bertz CT molecular complexity index is 551. The lowest BCUT2D eigenvalue weighted by Gasteiger charge is -2.27. The summed E-state index contributed by atoms with van der Waals surface area (Å²) in [5, 5.41) is 9.41. The molecule has 1 fully saturated rings. The van der Waals surface area contributed by atoms with Crippen LogP contribution < -0.4 is 0 Å². The van der Waals surface area contributed by atoms with Crippen molar-refractivity contribution in [1.29, 1.82) is 0 Å². The molecule has 21 heavy (non-hydrogen) atoms. The number of rotatable bonds is 2. The van der Waals surface area contributed by atoms with E-state index in [1.54, 1.807) is 20.8 Å². The molecule has 0 saturated carbocycles. The smallest absolute Gasteiger partial charge is 0.329 e. The zero-order chi connectivity index (χ0) is 15.6. The average Bonchev–Trinajstić information content (AvgIpc) is 2.85. The Labute approximate surface area is 123 Å². The minimum atomic E-state index is -0.582. The Balaban J connectivity index is 2.15. The highest BCUT2D eigenvalue weighted by Crippen LogP contribution is 2.23. The summed E-state index contributed by atoms with van der Waals surface area (Å²) in [7, 11) is 0. The fourth-order valence-electron chi connectivity index (χ4n) is 2.34. The van der Waals surface area contributed by atoms with Crippen molar-refractivity contribution in [3.8, 4) is 5.75 Å². The lowest BCUT2D eigenvalue weighted by atomic mass is 10.1. The number of aromatic nitrogens is 1. The summed E-state index contributed by atoms with van der Waals surface area (Å²) in [6.45, 7) is 5.89. The summed E-state index contributed by atoms with van der Waals surface area (Å²) < 4.78 is 5.36. The summed E-state index contributed by atoms with van der Waals surface area (Å²) in [4.78, 5) is 29.9. The highest BCUT2D eigenvalue weighted by atomic mass is 16.6. The van der Waals surface area contributed by atoms with Crippen LogP contribution in [0, 0.1) is 0 Å². The summed E-state index contributed by atoms with van der Waals surface area (Å²) in [5.41, 5.74) is -0.313. The van der Waals surface area contributed by atoms with Crippen LogP contribution in [0.3, 0.4) is 0 Å². The van der Waals surface area contributed by atoms with Crippen LogP contribution in [0.4, 0.5) is 0 Å². The van der Waals surface area contributed by atoms with E-state index < -0.39 is 11.6 Å². The Morgan fingerprint density at radius 3 is 2.71 bits per heavy atom. The lowest BCUT2D eigenvalue weighted by molar-refractivity contribution is -0.159. The van der Waals surface area contributed by atoms with Gasteiger partial charge in [0, 0.05) is 12.7 Å². The zero-order valence-corrected chi connectivity index (χ0v) is 12.5. The van der Waals surface area contributed by atoms with E-state index in [4.69, 9.17) is 4.74 Å². The number of likely N-dealkylation sites (tertiary alicyclic amines) is 1. The molecule has 6 nitrogen and oxygen atoms in total. The SMILES string of the molecule is CC(C)(C)OC(=O)[C@@H]1CCCN1C(=O)c1cncc(O)c1. The second kappa shape index (κ2) is 5.71. The molecule has 1 saturated heterocycles. The number of esters is 1. The van der Waals surface area contributed by atoms with Crippen LogP contribution in [-0.4, -0.2) is 45.1 Å². The van der Waals surface area contributed by atoms with Gasteiger partial charge in [0.2, 0.25) is 0 Å². The van der Waals surface area contributed by atoms with Crippen molar-refractivity contribution < 1.29 is 19.4 Å². The predicted octanol–water partition coefficient (Wildman–Crippen LogP) is 1.73. The molecule has 0 aliphatic carbocycles. The topological polar surface area (TPSA) is 79.7 Å². The van der Waals surface area contributed by atoms with Gasteiger partial charge in [-0.05, 0) is 39.7 Å². The molecule has 1 atom stereocenters. The summed E-state index contributed by atoms with van der Waals surface area (Å²) in [6, 6.07) is 0.777. The Hall–Kier alpha value is -2.11. The van der Waals surface area contributed by atoms with Crippen LogP contribution in [0.1, 0.15) is 44.0 Å². The monoisotopic (exact) mass is 292 g/mol. The van der Waals surface area contributed by atoms with E-state index in [0.29, 0.717) is 13.0 Å². The molecule has 1 aromatic rings. The molecule has 1 N–H and O–H groups in total. The molecular weight excluding hydrogens is 272 g/mol. The molecule has 0 aromatic carbocycles. The van der Waals surface area contributed by atoms with Crippen molar-refractivity contribution in [3.05, 3.63) is 24.0 Å². The number of hydrogen-bond donors (Lipinski definition) is 1. The van der Waals surface area contributed by atoms with Crippen LogP contribution in [0.15, 0.2) is 18.5 Å². The number of ether oxygens (including phenoxy) is 1. The minimum Gasteiger partial charge on any atom is -0.506 e. The molecule has 0 spiro atoms.